The van der Waals surface area contributed by atoms with E-state index in [9.17, 15) is 13.2 Å². The highest BCUT2D eigenvalue weighted by Crippen LogP contribution is 2.15. The van der Waals surface area contributed by atoms with Gasteiger partial charge in [-0.2, -0.15) is 0 Å². The van der Waals surface area contributed by atoms with Crippen LogP contribution in [0.5, 0.6) is 0 Å². The van der Waals surface area contributed by atoms with Crippen LogP contribution in [0.15, 0.2) is 41.4 Å². The Labute approximate surface area is 122 Å². The quantitative estimate of drug-likeness (QED) is 0.775. The molecule has 1 amide bonds. The molecule has 1 aromatic carbocycles. The Morgan fingerprint density at radius 1 is 1.24 bits per heavy atom. The van der Waals surface area contributed by atoms with Crippen molar-refractivity contribution in [2.45, 2.75) is 11.8 Å². The molecule has 0 saturated heterocycles. The van der Waals surface area contributed by atoms with Crippen molar-refractivity contribution in [1.82, 2.24) is 4.98 Å². The van der Waals surface area contributed by atoms with E-state index in [-0.39, 0.29) is 10.8 Å². The first kappa shape index (κ1) is 14.9. The first-order chi connectivity index (χ1) is 9.77. The average Bonchev–Trinajstić information content (AvgIpc) is 2.41. The summed E-state index contributed by atoms with van der Waals surface area (Å²) in [6, 6.07) is 7.06. The Hall–Kier alpha value is -2.45. The number of amides is 1. The molecule has 1 aromatic heterocycles. The van der Waals surface area contributed by atoms with Crippen LogP contribution < -0.4 is 16.2 Å². The average molecular weight is 306 g/mol. The van der Waals surface area contributed by atoms with Gasteiger partial charge in [-0.15, -0.1) is 0 Å². The highest BCUT2D eigenvalue weighted by molar-refractivity contribution is 7.89. The summed E-state index contributed by atoms with van der Waals surface area (Å²) in [6.45, 7) is 1.69. The number of nitrogens with one attached hydrogen (secondary N) is 1. The van der Waals surface area contributed by atoms with Gasteiger partial charge in [-0.05, 0) is 37.3 Å². The SMILES string of the molecule is Cc1ncc(N)cc1C(=O)Nc1ccc(S(N)(=O)=O)cc1. The van der Waals surface area contributed by atoms with Crippen LogP contribution in [0.1, 0.15) is 16.1 Å². The smallest absolute Gasteiger partial charge is 0.257 e. The summed E-state index contributed by atoms with van der Waals surface area (Å²) < 4.78 is 22.3. The molecule has 5 N–H and O–H groups in total. The zero-order chi connectivity index (χ0) is 15.6. The van der Waals surface area contributed by atoms with Crippen LogP contribution in [0.25, 0.3) is 0 Å². The predicted molar refractivity (Wildman–Crippen MR) is 79.2 cm³/mol. The highest BCUT2D eigenvalue weighted by atomic mass is 32.2. The summed E-state index contributed by atoms with van der Waals surface area (Å²) in [5, 5.41) is 7.63. The number of pyridine rings is 1. The van der Waals surface area contributed by atoms with Crippen LogP contribution in [0.3, 0.4) is 0 Å². The van der Waals surface area contributed by atoms with E-state index in [2.05, 4.69) is 10.3 Å². The van der Waals surface area contributed by atoms with Gasteiger partial charge in [-0.3, -0.25) is 9.78 Å². The predicted octanol–water partition coefficient (Wildman–Crippen LogP) is 0.872. The van der Waals surface area contributed by atoms with Crippen LogP contribution in [-0.4, -0.2) is 19.3 Å². The van der Waals surface area contributed by atoms with Crippen LogP contribution in [0, 0.1) is 6.92 Å². The lowest BCUT2D eigenvalue weighted by Gasteiger charge is -2.08. The van der Waals surface area contributed by atoms with Gasteiger partial charge in [-0.1, -0.05) is 0 Å². The van der Waals surface area contributed by atoms with Crippen molar-refractivity contribution in [2.24, 2.45) is 5.14 Å². The van der Waals surface area contributed by atoms with Gasteiger partial charge >= 0.3 is 0 Å². The first-order valence-electron chi connectivity index (χ1n) is 5.94. The van der Waals surface area contributed by atoms with Gasteiger partial charge in [0.1, 0.15) is 0 Å². The Morgan fingerprint density at radius 2 is 1.86 bits per heavy atom. The molecule has 2 aromatic rings. The molecule has 0 aliphatic carbocycles. The fraction of sp³-hybridized carbons (Fsp3) is 0.0769. The maximum Gasteiger partial charge on any atom is 0.257 e. The van der Waals surface area contributed by atoms with Crippen LogP contribution in [0.4, 0.5) is 11.4 Å². The molecule has 0 saturated carbocycles. The third-order valence-electron chi connectivity index (χ3n) is 2.79. The molecule has 0 aliphatic rings. The van der Waals surface area contributed by atoms with E-state index in [1.165, 1.54) is 36.5 Å². The number of sulfonamides is 1. The first-order valence-corrected chi connectivity index (χ1v) is 7.48. The molecule has 21 heavy (non-hydrogen) atoms. The van der Waals surface area contributed by atoms with Gasteiger partial charge in [0, 0.05) is 5.69 Å². The maximum atomic E-state index is 12.1. The van der Waals surface area contributed by atoms with E-state index in [4.69, 9.17) is 10.9 Å². The van der Waals surface area contributed by atoms with E-state index in [1.807, 2.05) is 0 Å². The molecule has 0 atom stereocenters. The fourth-order valence-electron chi connectivity index (χ4n) is 1.71. The van der Waals surface area contributed by atoms with Gasteiger partial charge in [-0.25, -0.2) is 13.6 Å². The number of carbonyl (C=O) groups excluding carboxylic acids is 1. The summed E-state index contributed by atoms with van der Waals surface area (Å²) >= 11 is 0. The van der Waals surface area contributed by atoms with E-state index in [1.54, 1.807) is 6.92 Å². The number of carbonyl (C=O) groups is 1. The summed E-state index contributed by atoms with van der Waals surface area (Å²) in [5.41, 5.74) is 7.32. The van der Waals surface area contributed by atoms with Crippen LogP contribution in [0.2, 0.25) is 0 Å². The Kier molecular flexibility index (Phi) is 3.92. The number of rotatable bonds is 3. The number of primary sulfonamides is 1. The third-order valence-corrected chi connectivity index (χ3v) is 3.72. The minimum atomic E-state index is -3.75. The zero-order valence-electron chi connectivity index (χ0n) is 11.2. The van der Waals surface area contributed by atoms with Crippen LogP contribution >= 0.6 is 0 Å². The molecular formula is C13H14N4O3S. The molecule has 0 spiro atoms. The van der Waals surface area contributed by atoms with Gasteiger partial charge in [0.15, 0.2) is 0 Å². The van der Waals surface area contributed by atoms with E-state index in [0.29, 0.717) is 22.6 Å². The summed E-state index contributed by atoms with van der Waals surface area (Å²) in [7, 11) is -3.75. The van der Waals surface area contributed by atoms with Crippen molar-refractivity contribution >= 4 is 27.3 Å². The lowest BCUT2D eigenvalue weighted by Crippen LogP contribution is -2.15. The van der Waals surface area contributed by atoms with Crippen LogP contribution in [-0.2, 0) is 10.0 Å². The topological polar surface area (TPSA) is 128 Å². The van der Waals surface area contributed by atoms with Crippen molar-refractivity contribution in [2.75, 3.05) is 11.1 Å². The fourth-order valence-corrected chi connectivity index (χ4v) is 2.22. The number of nitrogens with two attached hydrogens (primary N) is 2. The molecule has 0 bridgehead atoms. The van der Waals surface area contributed by atoms with Gasteiger partial charge in [0.2, 0.25) is 10.0 Å². The third kappa shape index (κ3) is 3.56. The Morgan fingerprint density at radius 3 is 2.43 bits per heavy atom. The van der Waals surface area contributed by atoms with Gasteiger partial charge in [0.25, 0.3) is 5.91 Å². The van der Waals surface area contributed by atoms with Gasteiger partial charge < -0.3 is 11.1 Å². The Balaban J connectivity index is 2.22. The number of aromatic nitrogens is 1. The number of nitrogen functional groups attached to an aromatic ring is 1. The molecule has 0 radical (unpaired) electrons. The minimum absolute atomic E-state index is 0.0256. The van der Waals surface area contributed by atoms with Crippen molar-refractivity contribution < 1.29 is 13.2 Å². The minimum Gasteiger partial charge on any atom is -0.397 e. The number of anilines is 2. The molecule has 1 heterocycles. The second-order valence-corrected chi connectivity index (χ2v) is 5.99. The molecule has 2 rings (SSSR count). The molecule has 7 nitrogen and oxygen atoms in total. The van der Waals surface area contributed by atoms with Crippen molar-refractivity contribution in [3.8, 4) is 0 Å². The highest BCUT2D eigenvalue weighted by Gasteiger charge is 2.12. The number of benzene rings is 1. The van der Waals surface area contributed by atoms with Crippen molar-refractivity contribution in [1.29, 1.82) is 0 Å². The molecule has 0 unspecified atom stereocenters. The van der Waals surface area contributed by atoms with Crippen molar-refractivity contribution in [3.63, 3.8) is 0 Å². The number of hydrogen-bond donors (Lipinski definition) is 3. The molecule has 110 valence electrons. The second kappa shape index (κ2) is 5.51. The lowest BCUT2D eigenvalue weighted by atomic mass is 10.1. The second-order valence-electron chi connectivity index (χ2n) is 4.43. The summed E-state index contributed by atoms with van der Waals surface area (Å²) in [5.74, 6) is -0.379. The zero-order valence-corrected chi connectivity index (χ0v) is 12.0. The molecular weight excluding hydrogens is 292 g/mol. The van der Waals surface area contributed by atoms with E-state index < -0.39 is 10.0 Å². The van der Waals surface area contributed by atoms with Gasteiger partial charge in [0.05, 0.1) is 28.0 Å². The largest absolute Gasteiger partial charge is 0.397 e. The van der Waals surface area contributed by atoms with Crippen molar-refractivity contribution in [3.05, 3.63) is 47.8 Å². The maximum absolute atomic E-state index is 12.1. The molecule has 0 fully saturated rings. The molecule has 0 aliphatic heterocycles. The standard InChI is InChI=1S/C13H14N4O3S/c1-8-12(6-9(14)7-16-8)13(18)17-10-2-4-11(5-3-10)21(15,19)20/h2-7H,14H2,1H3,(H,17,18)(H2,15,19,20). The van der Waals surface area contributed by atoms with E-state index >= 15 is 0 Å². The van der Waals surface area contributed by atoms with E-state index in [0.717, 1.165) is 0 Å². The lowest BCUT2D eigenvalue weighted by molar-refractivity contribution is 0.102. The molecule has 8 heteroatoms. The number of nitrogens with zero attached hydrogens (tertiary/aromatic N) is 1. The number of aryl methyl sites for hydroxylation is 1. The Bertz CT molecular complexity index is 786. The number of hydrogen-bond acceptors (Lipinski definition) is 5. The normalized spacial score (nSPS) is 11.1. The monoisotopic (exact) mass is 306 g/mol. The summed E-state index contributed by atoms with van der Waals surface area (Å²) in [4.78, 5) is 16.1. The summed E-state index contributed by atoms with van der Waals surface area (Å²) in [6.07, 6.45) is 1.47.